The fourth-order valence-electron chi connectivity index (χ4n) is 3.72. The van der Waals surface area contributed by atoms with Crippen molar-refractivity contribution in [1.29, 1.82) is 0 Å². The summed E-state index contributed by atoms with van der Waals surface area (Å²) < 4.78 is 27.2. The van der Waals surface area contributed by atoms with Crippen LogP contribution in [0, 0.1) is 0 Å². The number of nitrogens with one attached hydrogen (secondary N) is 2. The number of anilines is 1. The Bertz CT molecular complexity index is 1270. The van der Waals surface area contributed by atoms with Crippen LogP contribution in [-0.4, -0.2) is 56.8 Å². The highest BCUT2D eigenvalue weighted by molar-refractivity contribution is 7.89. The molecule has 3 rings (SSSR count). The second kappa shape index (κ2) is 10.6. The lowest BCUT2D eigenvalue weighted by atomic mass is 10.1. The minimum atomic E-state index is -3.70. The zero-order chi connectivity index (χ0) is 24.0. The molecule has 0 saturated carbocycles. The number of pyridine rings is 1. The first kappa shape index (κ1) is 24.5. The van der Waals surface area contributed by atoms with E-state index in [-0.39, 0.29) is 10.5 Å². The summed E-state index contributed by atoms with van der Waals surface area (Å²) in [7, 11) is -1.71. The number of carbonyl (C=O) groups excluding carboxylic acids is 1. The van der Waals surface area contributed by atoms with Gasteiger partial charge in [-0.05, 0) is 36.8 Å². The molecule has 0 aliphatic carbocycles. The second-order valence-corrected chi connectivity index (χ2v) is 9.65. The van der Waals surface area contributed by atoms with E-state index in [1.165, 1.54) is 28.6 Å². The number of fused-ring (bicyclic) bond motifs is 1. The topological polar surface area (TPSA) is 103 Å². The summed E-state index contributed by atoms with van der Waals surface area (Å²) in [6, 6.07) is 15.6. The lowest BCUT2D eigenvalue weighted by Crippen LogP contribution is -2.31. The maximum Gasteiger partial charge on any atom is 0.252 e. The zero-order valence-corrected chi connectivity index (χ0v) is 20.0. The number of para-hydroxylation sites is 1. The van der Waals surface area contributed by atoms with Crippen LogP contribution in [0.2, 0.25) is 0 Å². The first-order valence-corrected chi connectivity index (χ1v) is 12.4. The van der Waals surface area contributed by atoms with E-state index in [4.69, 9.17) is 0 Å². The van der Waals surface area contributed by atoms with Gasteiger partial charge in [-0.1, -0.05) is 32.0 Å². The molecule has 33 heavy (non-hydrogen) atoms. The van der Waals surface area contributed by atoms with Gasteiger partial charge in [-0.3, -0.25) is 9.59 Å². The van der Waals surface area contributed by atoms with Gasteiger partial charge in [0.1, 0.15) is 0 Å². The molecule has 0 unspecified atom stereocenters. The Morgan fingerprint density at radius 1 is 1.03 bits per heavy atom. The highest BCUT2D eigenvalue weighted by Crippen LogP contribution is 2.23. The summed E-state index contributed by atoms with van der Waals surface area (Å²) >= 11 is 0. The number of hydrogen-bond donors (Lipinski definition) is 2. The third kappa shape index (κ3) is 5.61. The predicted molar refractivity (Wildman–Crippen MR) is 131 cm³/mol. The summed E-state index contributed by atoms with van der Waals surface area (Å²) in [5, 5.41) is 3.24. The third-order valence-corrected chi connectivity index (χ3v) is 7.60. The number of aromatic nitrogens is 1. The molecule has 2 aromatic carbocycles. The Hall–Kier alpha value is -3.17. The summed E-state index contributed by atoms with van der Waals surface area (Å²) in [5.41, 5.74) is 1.24. The van der Waals surface area contributed by atoms with E-state index in [1.54, 1.807) is 13.8 Å². The van der Waals surface area contributed by atoms with Crippen molar-refractivity contribution in [2.24, 2.45) is 0 Å². The molecular weight excluding hydrogens is 440 g/mol. The van der Waals surface area contributed by atoms with E-state index in [0.29, 0.717) is 37.0 Å². The molecule has 9 heteroatoms. The smallest absolute Gasteiger partial charge is 0.252 e. The number of hydrogen-bond acceptors (Lipinski definition) is 5. The Morgan fingerprint density at radius 3 is 2.39 bits per heavy atom. The van der Waals surface area contributed by atoms with Crippen LogP contribution in [-0.2, 0) is 10.0 Å². The van der Waals surface area contributed by atoms with Gasteiger partial charge in [0.2, 0.25) is 15.6 Å². The normalized spacial score (nSPS) is 11.6. The van der Waals surface area contributed by atoms with Crippen molar-refractivity contribution in [3.8, 4) is 0 Å². The number of rotatable bonds is 10. The molecule has 0 fully saturated rings. The van der Waals surface area contributed by atoms with Gasteiger partial charge >= 0.3 is 0 Å². The minimum absolute atomic E-state index is 0.0873. The fraction of sp³-hybridized carbons (Fsp3) is 0.333. The van der Waals surface area contributed by atoms with Crippen LogP contribution in [0.25, 0.3) is 10.9 Å². The first-order valence-electron chi connectivity index (χ1n) is 11.0. The van der Waals surface area contributed by atoms with Gasteiger partial charge in [-0.15, -0.1) is 0 Å². The predicted octanol–water partition coefficient (Wildman–Crippen LogP) is 2.81. The molecule has 1 aromatic heterocycles. The quantitative estimate of drug-likeness (QED) is 0.444. The van der Waals surface area contributed by atoms with Crippen LogP contribution in [0.3, 0.4) is 0 Å². The molecule has 0 atom stereocenters. The fourth-order valence-corrected chi connectivity index (χ4v) is 5.20. The molecule has 176 valence electrons. The van der Waals surface area contributed by atoms with Crippen LogP contribution in [0.4, 0.5) is 5.69 Å². The van der Waals surface area contributed by atoms with Crippen molar-refractivity contribution in [2.45, 2.75) is 25.2 Å². The monoisotopic (exact) mass is 470 g/mol. The van der Waals surface area contributed by atoms with Gasteiger partial charge in [0.05, 0.1) is 10.5 Å². The summed E-state index contributed by atoms with van der Waals surface area (Å²) in [4.78, 5) is 29.8. The molecule has 0 aliphatic rings. The molecule has 0 spiro atoms. The molecule has 1 amide bonds. The summed E-state index contributed by atoms with van der Waals surface area (Å²) in [5.74, 6) is -0.411. The molecule has 8 nitrogen and oxygen atoms in total. The van der Waals surface area contributed by atoms with Gasteiger partial charge in [-0.25, -0.2) is 8.42 Å². The van der Waals surface area contributed by atoms with Gasteiger partial charge < -0.3 is 15.2 Å². The molecular formula is C24H30N4O4S. The average Bonchev–Trinajstić information content (AvgIpc) is 2.81. The number of nitrogens with zero attached hydrogens (tertiary/aromatic N) is 2. The molecule has 0 radical (unpaired) electrons. The van der Waals surface area contributed by atoms with Crippen LogP contribution in [0.1, 0.15) is 30.6 Å². The maximum atomic E-state index is 12.9. The van der Waals surface area contributed by atoms with Crippen molar-refractivity contribution < 1.29 is 13.2 Å². The standard InChI is InChI=1S/C24H30N4O4S/c1-4-28(5-2)33(31,32)19-12-13-22-20(16-19)21(17-23(29)26-22)24(30)25-14-9-15-27(3)18-10-7-6-8-11-18/h6-8,10-13,16-17H,4-5,9,14-15H2,1-3H3,(H,25,30)(H,26,29). The molecule has 3 aromatic rings. The summed E-state index contributed by atoms with van der Waals surface area (Å²) in [6.45, 7) is 5.39. The molecule has 0 bridgehead atoms. The molecule has 1 heterocycles. The average molecular weight is 471 g/mol. The highest BCUT2D eigenvalue weighted by Gasteiger charge is 2.23. The van der Waals surface area contributed by atoms with E-state index in [9.17, 15) is 18.0 Å². The highest BCUT2D eigenvalue weighted by atomic mass is 32.2. The van der Waals surface area contributed by atoms with Crippen LogP contribution in [0.5, 0.6) is 0 Å². The van der Waals surface area contributed by atoms with Crippen LogP contribution in [0.15, 0.2) is 64.3 Å². The Balaban J connectivity index is 1.78. The number of benzene rings is 2. The minimum Gasteiger partial charge on any atom is -0.375 e. The van der Waals surface area contributed by atoms with E-state index >= 15 is 0 Å². The largest absolute Gasteiger partial charge is 0.375 e. The number of aromatic amines is 1. The van der Waals surface area contributed by atoms with E-state index in [2.05, 4.69) is 15.2 Å². The molecule has 2 N–H and O–H groups in total. The Labute approximate surface area is 194 Å². The first-order chi connectivity index (χ1) is 15.8. The SMILES string of the molecule is CCN(CC)S(=O)(=O)c1ccc2[nH]c(=O)cc(C(=O)NCCCN(C)c3ccccc3)c2c1. The number of amides is 1. The molecule has 0 saturated heterocycles. The van der Waals surface area contributed by atoms with Crippen LogP contribution < -0.4 is 15.8 Å². The van der Waals surface area contributed by atoms with E-state index in [1.807, 2.05) is 37.4 Å². The molecule has 0 aliphatic heterocycles. The summed E-state index contributed by atoms with van der Waals surface area (Å²) in [6.07, 6.45) is 0.708. The van der Waals surface area contributed by atoms with Gasteiger partial charge in [0.25, 0.3) is 5.91 Å². The van der Waals surface area contributed by atoms with Gasteiger partial charge in [0.15, 0.2) is 0 Å². The maximum absolute atomic E-state index is 12.9. The second-order valence-electron chi connectivity index (χ2n) is 7.71. The Kier molecular flexibility index (Phi) is 7.88. The number of carbonyl (C=O) groups is 1. The lowest BCUT2D eigenvalue weighted by Gasteiger charge is -2.19. The van der Waals surface area contributed by atoms with E-state index in [0.717, 1.165) is 12.2 Å². The zero-order valence-electron chi connectivity index (χ0n) is 19.2. The van der Waals surface area contributed by atoms with Crippen molar-refractivity contribution in [3.05, 3.63) is 70.5 Å². The van der Waals surface area contributed by atoms with Crippen LogP contribution >= 0.6 is 0 Å². The number of sulfonamides is 1. The third-order valence-electron chi connectivity index (χ3n) is 5.56. The van der Waals surface area contributed by atoms with Crippen molar-refractivity contribution >= 4 is 32.5 Å². The van der Waals surface area contributed by atoms with Crippen molar-refractivity contribution in [3.63, 3.8) is 0 Å². The Morgan fingerprint density at radius 2 is 1.73 bits per heavy atom. The van der Waals surface area contributed by atoms with Gasteiger partial charge in [0, 0.05) is 55.9 Å². The van der Waals surface area contributed by atoms with Gasteiger partial charge in [-0.2, -0.15) is 4.31 Å². The number of H-pyrrole nitrogens is 1. The van der Waals surface area contributed by atoms with Crippen molar-refractivity contribution in [2.75, 3.05) is 38.1 Å². The lowest BCUT2D eigenvalue weighted by molar-refractivity contribution is 0.0955. The van der Waals surface area contributed by atoms with Crippen molar-refractivity contribution in [1.82, 2.24) is 14.6 Å². The van der Waals surface area contributed by atoms with E-state index < -0.39 is 21.5 Å².